The zero-order valence-electron chi connectivity index (χ0n) is 17.9. The Labute approximate surface area is 180 Å². The van der Waals surface area contributed by atoms with E-state index in [1.165, 1.54) is 11.8 Å². The average Bonchev–Trinajstić information content (AvgIpc) is 3.07. The Morgan fingerprint density at radius 3 is 2.53 bits per heavy atom. The Morgan fingerprint density at radius 1 is 1.07 bits per heavy atom. The molecule has 8 heteroatoms. The second-order valence-corrected chi connectivity index (χ2v) is 8.00. The number of benzene rings is 2. The second-order valence-electron chi connectivity index (χ2n) is 7.06. The Bertz CT molecular complexity index is 1050. The fraction of sp³-hybridized carbons (Fsp3) is 0.318. The molecule has 0 unspecified atom stereocenters. The fourth-order valence-corrected chi connectivity index (χ4v) is 3.63. The van der Waals surface area contributed by atoms with Crippen LogP contribution in [0.25, 0.3) is 0 Å². The summed E-state index contributed by atoms with van der Waals surface area (Å²) in [6, 6.07) is 11.7. The highest BCUT2D eigenvalue weighted by Gasteiger charge is 2.14. The standard InChI is InChI=1S/C22H26N4O3S/c1-14-6-8-17(16(3)10-14)23-21(27)13-30-22-25-24-20(26(22)4)12-29-18-9-7-15(2)11-19(18)28-5/h6-11H,12-13H2,1-5H3,(H,23,27). The minimum absolute atomic E-state index is 0.0860. The zero-order valence-corrected chi connectivity index (χ0v) is 18.7. The zero-order chi connectivity index (χ0) is 21.7. The summed E-state index contributed by atoms with van der Waals surface area (Å²) in [5.41, 5.74) is 4.12. The lowest BCUT2D eigenvalue weighted by molar-refractivity contribution is -0.113. The van der Waals surface area contributed by atoms with E-state index in [-0.39, 0.29) is 18.3 Å². The minimum Gasteiger partial charge on any atom is -0.493 e. The number of methoxy groups -OCH3 is 1. The third-order valence-electron chi connectivity index (χ3n) is 4.59. The van der Waals surface area contributed by atoms with E-state index in [4.69, 9.17) is 9.47 Å². The first-order valence-corrected chi connectivity index (χ1v) is 10.5. The number of carbonyl (C=O) groups excluding carboxylic acids is 1. The van der Waals surface area contributed by atoms with Gasteiger partial charge < -0.3 is 19.4 Å². The van der Waals surface area contributed by atoms with Crippen molar-refractivity contribution >= 4 is 23.4 Å². The molecule has 0 aliphatic carbocycles. The van der Waals surface area contributed by atoms with Gasteiger partial charge in [0, 0.05) is 12.7 Å². The molecule has 7 nitrogen and oxygen atoms in total. The molecule has 158 valence electrons. The van der Waals surface area contributed by atoms with E-state index in [2.05, 4.69) is 15.5 Å². The van der Waals surface area contributed by atoms with Gasteiger partial charge in [-0.1, -0.05) is 35.5 Å². The van der Waals surface area contributed by atoms with Gasteiger partial charge in [0.1, 0.15) is 6.61 Å². The summed E-state index contributed by atoms with van der Waals surface area (Å²) in [6.07, 6.45) is 0. The molecule has 3 aromatic rings. The van der Waals surface area contributed by atoms with Crippen molar-refractivity contribution < 1.29 is 14.3 Å². The van der Waals surface area contributed by atoms with Crippen LogP contribution >= 0.6 is 11.8 Å². The first kappa shape index (κ1) is 21.7. The fourth-order valence-electron chi connectivity index (χ4n) is 2.90. The smallest absolute Gasteiger partial charge is 0.234 e. The molecule has 1 aromatic heterocycles. The van der Waals surface area contributed by atoms with Crippen LogP contribution in [-0.4, -0.2) is 33.5 Å². The highest BCUT2D eigenvalue weighted by atomic mass is 32.2. The van der Waals surface area contributed by atoms with E-state index in [1.54, 1.807) is 7.11 Å². The number of aryl methyl sites for hydroxylation is 3. The number of aromatic nitrogens is 3. The van der Waals surface area contributed by atoms with Gasteiger partial charge in [0.2, 0.25) is 5.91 Å². The molecule has 2 aromatic carbocycles. The van der Waals surface area contributed by atoms with Crippen molar-refractivity contribution in [1.29, 1.82) is 0 Å². The predicted molar refractivity (Wildman–Crippen MR) is 118 cm³/mol. The van der Waals surface area contributed by atoms with Gasteiger partial charge in [-0.25, -0.2) is 0 Å². The predicted octanol–water partition coefficient (Wildman–Crippen LogP) is 4.06. The van der Waals surface area contributed by atoms with Crippen LogP contribution in [0.1, 0.15) is 22.5 Å². The van der Waals surface area contributed by atoms with Gasteiger partial charge in [0.15, 0.2) is 22.5 Å². The molecule has 0 saturated heterocycles. The van der Waals surface area contributed by atoms with E-state index >= 15 is 0 Å². The molecule has 1 amide bonds. The van der Waals surface area contributed by atoms with Crippen molar-refractivity contribution in [2.24, 2.45) is 7.05 Å². The quantitative estimate of drug-likeness (QED) is 0.548. The third kappa shape index (κ3) is 5.33. The third-order valence-corrected chi connectivity index (χ3v) is 5.61. The van der Waals surface area contributed by atoms with Crippen LogP contribution in [0.15, 0.2) is 41.6 Å². The van der Waals surface area contributed by atoms with E-state index in [9.17, 15) is 4.79 Å². The van der Waals surface area contributed by atoms with Crippen molar-refractivity contribution in [3.63, 3.8) is 0 Å². The summed E-state index contributed by atoms with van der Waals surface area (Å²) in [5, 5.41) is 12.0. The molecular formula is C22H26N4O3S. The van der Waals surface area contributed by atoms with Crippen LogP contribution in [0.3, 0.4) is 0 Å². The van der Waals surface area contributed by atoms with E-state index in [0.717, 1.165) is 22.4 Å². The summed E-state index contributed by atoms with van der Waals surface area (Å²) in [5.74, 6) is 2.14. The topological polar surface area (TPSA) is 78.3 Å². The number of thioether (sulfide) groups is 1. The molecular weight excluding hydrogens is 400 g/mol. The lowest BCUT2D eigenvalue weighted by Crippen LogP contribution is -2.15. The molecule has 3 rings (SSSR count). The van der Waals surface area contributed by atoms with Gasteiger partial charge in [0.05, 0.1) is 12.9 Å². The number of hydrogen-bond acceptors (Lipinski definition) is 6. The molecule has 1 N–H and O–H groups in total. The summed E-state index contributed by atoms with van der Waals surface area (Å²) in [7, 11) is 3.47. The average molecular weight is 427 g/mol. The molecule has 0 spiro atoms. The lowest BCUT2D eigenvalue weighted by Gasteiger charge is -2.11. The Kier molecular flexibility index (Phi) is 6.99. The highest BCUT2D eigenvalue weighted by molar-refractivity contribution is 7.99. The first-order valence-electron chi connectivity index (χ1n) is 9.53. The second kappa shape index (κ2) is 9.67. The van der Waals surface area contributed by atoms with E-state index < -0.39 is 0 Å². The van der Waals surface area contributed by atoms with Crippen molar-refractivity contribution in [1.82, 2.24) is 14.8 Å². The summed E-state index contributed by atoms with van der Waals surface area (Å²) < 4.78 is 13.0. The maximum absolute atomic E-state index is 12.3. The largest absolute Gasteiger partial charge is 0.493 e. The lowest BCUT2D eigenvalue weighted by atomic mass is 10.1. The van der Waals surface area contributed by atoms with Crippen LogP contribution in [0.5, 0.6) is 11.5 Å². The molecule has 0 fully saturated rings. The van der Waals surface area contributed by atoms with Gasteiger partial charge in [-0.2, -0.15) is 0 Å². The number of anilines is 1. The summed E-state index contributed by atoms with van der Waals surface area (Å²) in [6.45, 7) is 6.25. The molecule has 0 atom stereocenters. The van der Waals surface area contributed by atoms with Gasteiger partial charge in [-0.3, -0.25) is 4.79 Å². The number of rotatable bonds is 8. The Balaban J connectivity index is 1.57. The molecule has 0 bridgehead atoms. The number of amides is 1. The highest BCUT2D eigenvalue weighted by Crippen LogP contribution is 2.28. The van der Waals surface area contributed by atoms with Crippen LogP contribution in [0.2, 0.25) is 0 Å². The number of nitrogens with one attached hydrogen (secondary N) is 1. The van der Waals surface area contributed by atoms with Crippen LogP contribution in [0.4, 0.5) is 5.69 Å². The number of nitrogens with zero attached hydrogens (tertiary/aromatic N) is 3. The SMILES string of the molecule is COc1cc(C)ccc1OCc1nnc(SCC(=O)Nc2ccc(C)cc2C)n1C. The molecule has 30 heavy (non-hydrogen) atoms. The van der Waals surface area contributed by atoms with Crippen molar-refractivity contribution in [2.45, 2.75) is 32.5 Å². The summed E-state index contributed by atoms with van der Waals surface area (Å²) in [4.78, 5) is 12.3. The monoisotopic (exact) mass is 426 g/mol. The molecule has 0 aliphatic rings. The van der Waals surface area contributed by atoms with Crippen molar-refractivity contribution in [3.8, 4) is 11.5 Å². The maximum atomic E-state index is 12.3. The van der Waals surface area contributed by atoms with Crippen LogP contribution < -0.4 is 14.8 Å². The van der Waals surface area contributed by atoms with Gasteiger partial charge in [-0.15, -0.1) is 10.2 Å². The number of carbonyl (C=O) groups is 1. The van der Waals surface area contributed by atoms with E-state index in [0.29, 0.717) is 22.5 Å². The molecule has 0 saturated carbocycles. The van der Waals surface area contributed by atoms with Crippen LogP contribution in [0, 0.1) is 20.8 Å². The van der Waals surface area contributed by atoms with Gasteiger partial charge in [-0.05, 0) is 50.1 Å². The maximum Gasteiger partial charge on any atom is 0.234 e. The normalized spacial score (nSPS) is 10.7. The first-order chi connectivity index (χ1) is 14.4. The van der Waals surface area contributed by atoms with Gasteiger partial charge in [0.25, 0.3) is 0 Å². The Hall–Kier alpha value is -3.00. The van der Waals surface area contributed by atoms with Crippen LogP contribution in [-0.2, 0) is 18.4 Å². The minimum atomic E-state index is -0.0860. The number of ether oxygens (including phenoxy) is 2. The van der Waals surface area contributed by atoms with E-state index in [1.807, 2.05) is 68.8 Å². The van der Waals surface area contributed by atoms with Crippen molar-refractivity contribution in [3.05, 3.63) is 58.9 Å². The molecule has 1 heterocycles. The number of hydrogen-bond donors (Lipinski definition) is 1. The molecule has 0 radical (unpaired) electrons. The molecule has 0 aliphatic heterocycles. The summed E-state index contributed by atoms with van der Waals surface area (Å²) >= 11 is 1.33. The van der Waals surface area contributed by atoms with Crippen molar-refractivity contribution in [2.75, 3.05) is 18.2 Å². The van der Waals surface area contributed by atoms with Gasteiger partial charge >= 0.3 is 0 Å². The Morgan fingerprint density at radius 2 is 1.80 bits per heavy atom.